The number of carbonyl (C=O) groups excluding carboxylic acids is 2. The van der Waals surface area contributed by atoms with E-state index in [1.165, 1.54) is 0 Å². The molecule has 0 aliphatic rings. The van der Waals surface area contributed by atoms with Crippen molar-refractivity contribution in [1.29, 1.82) is 0 Å². The molecule has 0 heterocycles. The predicted octanol–water partition coefficient (Wildman–Crippen LogP) is 8.53. The molecule has 4 aromatic carbocycles. The Morgan fingerprint density at radius 2 is 1.59 bits per heavy atom. The van der Waals surface area contributed by atoms with Crippen molar-refractivity contribution in [3.63, 3.8) is 0 Å². The van der Waals surface area contributed by atoms with Crippen LogP contribution < -0.4 is 10.2 Å². The molecule has 0 fully saturated rings. The molecule has 0 radical (unpaired) electrons. The lowest BCUT2D eigenvalue weighted by Gasteiger charge is -2.24. The summed E-state index contributed by atoms with van der Waals surface area (Å²) in [7, 11) is 0. The number of nitrogens with one attached hydrogen (secondary N) is 1. The van der Waals surface area contributed by atoms with Crippen molar-refractivity contribution >= 4 is 58.3 Å². The van der Waals surface area contributed by atoms with Crippen LogP contribution in [-0.4, -0.2) is 25.2 Å². The highest BCUT2D eigenvalue weighted by molar-refractivity contribution is 7.99. The average molecular weight is 580 g/mol. The number of benzene rings is 4. The van der Waals surface area contributed by atoms with E-state index in [9.17, 15) is 9.59 Å². The van der Waals surface area contributed by atoms with Gasteiger partial charge in [-0.3, -0.25) is 9.69 Å². The van der Waals surface area contributed by atoms with E-state index in [4.69, 9.17) is 27.9 Å². The second-order valence-electron chi connectivity index (χ2n) is 8.64. The molecule has 0 aliphatic carbocycles. The first kappa shape index (κ1) is 28.6. The third-order valence-corrected chi connectivity index (χ3v) is 7.66. The molecule has 0 aromatic heterocycles. The number of amides is 2. The maximum Gasteiger partial charge on any atom is 0.326 e. The molecule has 0 aliphatic heterocycles. The molecular formula is C31H28Cl2N2O3S. The van der Waals surface area contributed by atoms with Gasteiger partial charge in [0.2, 0.25) is 0 Å². The van der Waals surface area contributed by atoms with Crippen LogP contribution in [0.1, 0.15) is 18.1 Å². The fourth-order valence-corrected chi connectivity index (χ4v) is 5.14. The molecule has 0 saturated heterocycles. The monoisotopic (exact) mass is 578 g/mol. The van der Waals surface area contributed by atoms with E-state index in [2.05, 4.69) is 5.32 Å². The van der Waals surface area contributed by atoms with Crippen molar-refractivity contribution in [2.24, 2.45) is 0 Å². The number of carbonyl (C=O) groups is 2. The fourth-order valence-electron chi connectivity index (χ4n) is 3.92. The minimum Gasteiger partial charge on any atom is -0.466 e. The molecule has 0 unspecified atom stereocenters. The summed E-state index contributed by atoms with van der Waals surface area (Å²) in [6, 6.07) is 30.5. The van der Waals surface area contributed by atoms with Gasteiger partial charge in [0.15, 0.2) is 0 Å². The lowest BCUT2D eigenvalue weighted by molar-refractivity contribution is -0.142. The Bertz CT molecular complexity index is 1420. The summed E-state index contributed by atoms with van der Waals surface area (Å²) in [5.41, 5.74) is 3.23. The number of halogens is 2. The molecule has 0 saturated carbocycles. The number of rotatable bonds is 10. The van der Waals surface area contributed by atoms with Gasteiger partial charge in [-0.05, 0) is 66.9 Å². The van der Waals surface area contributed by atoms with E-state index in [-0.39, 0.29) is 18.4 Å². The van der Waals surface area contributed by atoms with E-state index in [1.54, 1.807) is 41.8 Å². The van der Waals surface area contributed by atoms with Crippen molar-refractivity contribution in [3.8, 4) is 0 Å². The van der Waals surface area contributed by atoms with Gasteiger partial charge in [0.25, 0.3) is 0 Å². The Labute approximate surface area is 243 Å². The van der Waals surface area contributed by atoms with Gasteiger partial charge in [-0.1, -0.05) is 89.6 Å². The second-order valence-corrected chi connectivity index (χ2v) is 10.6. The van der Waals surface area contributed by atoms with Crippen LogP contribution in [0.4, 0.5) is 16.2 Å². The highest BCUT2D eigenvalue weighted by Gasteiger charge is 2.18. The van der Waals surface area contributed by atoms with Gasteiger partial charge in [-0.25, -0.2) is 4.79 Å². The molecule has 8 heteroatoms. The Balaban J connectivity index is 1.53. The van der Waals surface area contributed by atoms with Crippen LogP contribution in [0.25, 0.3) is 0 Å². The van der Waals surface area contributed by atoms with Crippen molar-refractivity contribution in [2.75, 3.05) is 23.4 Å². The standard InChI is InChI=1S/C31H28Cl2N2O3S/c1-2-38-29(36)20-23-14-16-25(17-15-23)39-26-11-6-10-24(21-26)35(19-18-22-8-4-3-5-9-22)31(37)34-28-13-7-12-27(32)30(28)33/h3-17,21H,2,18-20H2,1H3,(H,34,37). The van der Waals surface area contributed by atoms with Crippen LogP contribution >= 0.6 is 35.0 Å². The highest BCUT2D eigenvalue weighted by Crippen LogP contribution is 2.32. The summed E-state index contributed by atoms with van der Waals surface area (Å²) in [5.74, 6) is -0.237. The summed E-state index contributed by atoms with van der Waals surface area (Å²) >= 11 is 14.1. The van der Waals surface area contributed by atoms with Crippen molar-refractivity contribution < 1.29 is 14.3 Å². The first-order valence-electron chi connectivity index (χ1n) is 12.5. The highest BCUT2D eigenvalue weighted by atomic mass is 35.5. The predicted molar refractivity (Wildman–Crippen MR) is 160 cm³/mol. The molecule has 1 N–H and O–H groups in total. The minimum absolute atomic E-state index is 0.237. The third kappa shape index (κ3) is 8.27. The fraction of sp³-hybridized carbons (Fsp3) is 0.161. The van der Waals surface area contributed by atoms with Gasteiger partial charge in [0.1, 0.15) is 0 Å². The summed E-state index contributed by atoms with van der Waals surface area (Å²) in [5, 5.41) is 3.58. The van der Waals surface area contributed by atoms with E-state index < -0.39 is 0 Å². The van der Waals surface area contributed by atoms with Crippen molar-refractivity contribution in [3.05, 3.63) is 118 Å². The van der Waals surface area contributed by atoms with Crippen LogP contribution in [0.2, 0.25) is 10.0 Å². The molecule has 0 bridgehead atoms. The minimum atomic E-state index is -0.305. The van der Waals surface area contributed by atoms with Crippen molar-refractivity contribution in [1.82, 2.24) is 0 Å². The Morgan fingerprint density at radius 1 is 0.846 bits per heavy atom. The maximum atomic E-state index is 13.5. The number of ether oxygens (including phenoxy) is 1. The Hall–Kier alpha value is -3.45. The zero-order valence-electron chi connectivity index (χ0n) is 21.4. The molecule has 0 atom stereocenters. The summed E-state index contributed by atoms with van der Waals surface area (Å²) in [4.78, 5) is 29.0. The quantitative estimate of drug-likeness (QED) is 0.191. The summed E-state index contributed by atoms with van der Waals surface area (Å²) in [6.45, 7) is 2.63. The molecule has 5 nitrogen and oxygen atoms in total. The van der Waals surface area contributed by atoms with Gasteiger partial charge in [-0.2, -0.15) is 0 Å². The van der Waals surface area contributed by atoms with Gasteiger partial charge < -0.3 is 10.1 Å². The van der Waals surface area contributed by atoms with E-state index in [1.807, 2.05) is 78.9 Å². The second kappa shape index (κ2) is 14.1. The van der Waals surface area contributed by atoms with Crippen LogP contribution in [0.5, 0.6) is 0 Å². The van der Waals surface area contributed by atoms with Gasteiger partial charge in [0, 0.05) is 22.0 Å². The molecule has 4 rings (SSSR count). The number of hydrogen-bond acceptors (Lipinski definition) is 4. The summed E-state index contributed by atoms with van der Waals surface area (Å²) < 4.78 is 5.03. The van der Waals surface area contributed by atoms with Gasteiger partial charge in [-0.15, -0.1) is 0 Å². The smallest absolute Gasteiger partial charge is 0.326 e. The van der Waals surface area contributed by atoms with E-state index in [0.717, 1.165) is 26.6 Å². The molecule has 200 valence electrons. The average Bonchev–Trinajstić information content (AvgIpc) is 2.93. The molecular weight excluding hydrogens is 551 g/mol. The molecule has 0 spiro atoms. The Kier molecular flexibility index (Phi) is 10.3. The van der Waals surface area contributed by atoms with Crippen LogP contribution in [0.15, 0.2) is 107 Å². The number of hydrogen-bond donors (Lipinski definition) is 1. The van der Waals surface area contributed by atoms with Crippen molar-refractivity contribution in [2.45, 2.75) is 29.6 Å². The number of anilines is 2. The first-order valence-corrected chi connectivity index (χ1v) is 14.1. The number of esters is 1. The van der Waals surface area contributed by atoms with Crippen LogP contribution in [-0.2, 0) is 22.4 Å². The van der Waals surface area contributed by atoms with Gasteiger partial charge in [0.05, 0.1) is 28.8 Å². The summed E-state index contributed by atoms with van der Waals surface area (Å²) in [6.07, 6.45) is 0.924. The third-order valence-electron chi connectivity index (χ3n) is 5.85. The Morgan fingerprint density at radius 3 is 2.33 bits per heavy atom. The van der Waals surface area contributed by atoms with E-state index in [0.29, 0.717) is 35.3 Å². The molecule has 39 heavy (non-hydrogen) atoms. The zero-order valence-corrected chi connectivity index (χ0v) is 23.7. The number of urea groups is 1. The molecule has 4 aromatic rings. The first-order chi connectivity index (χ1) is 18.9. The lowest BCUT2D eigenvalue weighted by Crippen LogP contribution is -2.36. The van der Waals surface area contributed by atoms with E-state index >= 15 is 0 Å². The largest absolute Gasteiger partial charge is 0.466 e. The van der Waals surface area contributed by atoms with Crippen LogP contribution in [0, 0.1) is 0 Å². The maximum absolute atomic E-state index is 13.5. The zero-order chi connectivity index (χ0) is 27.6. The lowest BCUT2D eigenvalue weighted by atomic mass is 10.1. The molecule has 2 amide bonds. The topological polar surface area (TPSA) is 58.6 Å². The SMILES string of the molecule is CCOC(=O)Cc1ccc(Sc2cccc(N(CCc3ccccc3)C(=O)Nc3cccc(Cl)c3Cl)c2)cc1. The number of nitrogens with zero attached hydrogens (tertiary/aromatic N) is 1. The van der Waals surface area contributed by atoms with Crippen LogP contribution in [0.3, 0.4) is 0 Å². The normalized spacial score (nSPS) is 10.6. The van der Waals surface area contributed by atoms with Gasteiger partial charge >= 0.3 is 12.0 Å².